The van der Waals surface area contributed by atoms with Gasteiger partial charge in [-0.1, -0.05) is 58.3 Å². The summed E-state index contributed by atoms with van der Waals surface area (Å²) in [6.45, 7) is 0.862. The van der Waals surface area contributed by atoms with Crippen LogP contribution in [0.5, 0.6) is 0 Å². The van der Waals surface area contributed by atoms with Crippen LogP contribution in [0.15, 0.2) is 0 Å². The number of hydrogen-bond acceptors (Lipinski definition) is 7. The van der Waals surface area contributed by atoms with Crippen molar-refractivity contribution >= 4 is 5.97 Å². The zero-order chi connectivity index (χ0) is 18.7. The van der Waals surface area contributed by atoms with Crippen molar-refractivity contribution in [1.29, 1.82) is 0 Å². The molecule has 1 rings (SSSR count). The van der Waals surface area contributed by atoms with E-state index in [1.165, 1.54) is 32.1 Å². The topological polar surface area (TPSA) is 116 Å². The quantitative estimate of drug-likeness (QED) is 0.288. The first kappa shape index (κ1) is 22.3. The number of carbonyl (C=O) groups excluding carboxylic acids is 1. The fraction of sp³-hybridized carbons (Fsp3) is 0.944. The summed E-state index contributed by atoms with van der Waals surface area (Å²) < 4.78 is 10.3. The zero-order valence-electron chi connectivity index (χ0n) is 15.2. The molecule has 0 aromatic heterocycles. The minimum Gasteiger partial charge on any atom is -0.427 e. The Kier molecular flexibility index (Phi) is 10.5. The molecule has 1 unspecified atom stereocenters. The molecule has 25 heavy (non-hydrogen) atoms. The molecule has 0 aliphatic carbocycles. The van der Waals surface area contributed by atoms with E-state index in [9.17, 15) is 20.1 Å². The summed E-state index contributed by atoms with van der Waals surface area (Å²) in [6.07, 6.45) is 6.16. The van der Waals surface area contributed by atoms with Gasteiger partial charge in [0.2, 0.25) is 0 Å². The first-order valence-corrected chi connectivity index (χ1v) is 9.48. The van der Waals surface area contributed by atoms with Crippen molar-refractivity contribution in [3.63, 3.8) is 0 Å². The maximum absolute atomic E-state index is 11.9. The monoisotopic (exact) mass is 362 g/mol. The van der Waals surface area contributed by atoms with Crippen molar-refractivity contribution in [2.45, 2.75) is 95.2 Å². The van der Waals surface area contributed by atoms with Crippen LogP contribution >= 0.6 is 0 Å². The van der Waals surface area contributed by atoms with Gasteiger partial charge in [-0.25, -0.2) is 0 Å². The Bertz CT molecular complexity index is 376. The first-order chi connectivity index (χ1) is 12.0. The van der Waals surface area contributed by atoms with Gasteiger partial charge >= 0.3 is 5.97 Å². The molecule has 7 nitrogen and oxygen atoms in total. The second-order valence-corrected chi connectivity index (χ2v) is 6.80. The van der Waals surface area contributed by atoms with Crippen molar-refractivity contribution in [2.24, 2.45) is 0 Å². The smallest absolute Gasteiger partial charge is 0.308 e. The molecule has 7 heteroatoms. The summed E-state index contributed by atoms with van der Waals surface area (Å²) in [4.78, 5) is 11.9. The standard InChI is InChI=1S/C18H34O7/c1-2-3-4-5-6-7-8-9-10-11-15(21)25-18(13-20)17(23)16(22)14(12-19)24-18/h14,16-17,19-20,22-23H,2-13H2,1H3/t14-,16-,17+,18?/m1/s1. The van der Waals surface area contributed by atoms with E-state index in [0.29, 0.717) is 6.42 Å². The predicted octanol–water partition coefficient (Wildman–Crippen LogP) is 1.25. The maximum Gasteiger partial charge on any atom is 0.308 e. The highest BCUT2D eigenvalue weighted by molar-refractivity contribution is 5.69. The maximum atomic E-state index is 11.9. The van der Waals surface area contributed by atoms with Gasteiger partial charge in [-0.3, -0.25) is 4.79 Å². The predicted molar refractivity (Wildman–Crippen MR) is 91.7 cm³/mol. The van der Waals surface area contributed by atoms with Gasteiger partial charge in [0.1, 0.15) is 18.8 Å². The fourth-order valence-corrected chi connectivity index (χ4v) is 3.08. The number of aliphatic hydroxyl groups excluding tert-OH is 4. The third-order valence-electron chi connectivity index (χ3n) is 4.68. The van der Waals surface area contributed by atoms with Crippen molar-refractivity contribution < 1.29 is 34.7 Å². The Morgan fingerprint density at radius 2 is 1.56 bits per heavy atom. The van der Waals surface area contributed by atoms with Crippen LogP contribution in [0, 0.1) is 0 Å². The van der Waals surface area contributed by atoms with E-state index in [-0.39, 0.29) is 6.42 Å². The SMILES string of the molecule is CCCCCCCCCCCC(=O)OC1(CO)O[C@H](CO)[C@@H](O)[C@@H]1O. The van der Waals surface area contributed by atoms with Crippen LogP contribution in [0.4, 0.5) is 0 Å². The number of aliphatic hydroxyl groups is 4. The average molecular weight is 362 g/mol. The van der Waals surface area contributed by atoms with Crippen molar-refractivity contribution in [1.82, 2.24) is 0 Å². The number of carbonyl (C=O) groups is 1. The third-order valence-corrected chi connectivity index (χ3v) is 4.68. The van der Waals surface area contributed by atoms with Crippen LogP contribution in [0.25, 0.3) is 0 Å². The van der Waals surface area contributed by atoms with E-state index in [1.807, 2.05) is 0 Å². The highest BCUT2D eigenvalue weighted by atomic mass is 16.8. The van der Waals surface area contributed by atoms with Gasteiger partial charge in [-0.05, 0) is 6.42 Å². The molecule has 4 N–H and O–H groups in total. The van der Waals surface area contributed by atoms with E-state index >= 15 is 0 Å². The Labute approximate surface area is 150 Å². The third kappa shape index (κ3) is 6.83. The number of rotatable bonds is 13. The van der Waals surface area contributed by atoms with Gasteiger partial charge in [0.15, 0.2) is 6.10 Å². The van der Waals surface area contributed by atoms with Crippen LogP contribution < -0.4 is 0 Å². The highest BCUT2D eigenvalue weighted by Crippen LogP contribution is 2.32. The van der Waals surface area contributed by atoms with Crippen LogP contribution in [0.1, 0.15) is 71.1 Å². The minimum atomic E-state index is -2.00. The molecule has 0 spiro atoms. The summed E-state index contributed by atoms with van der Waals surface area (Å²) in [6, 6.07) is 0. The lowest BCUT2D eigenvalue weighted by Crippen LogP contribution is -2.49. The highest BCUT2D eigenvalue weighted by Gasteiger charge is 2.56. The molecule has 1 aliphatic heterocycles. The van der Waals surface area contributed by atoms with Gasteiger partial charge in [-0.2, -0.15) is 0 Å². The lowest BCUT2D eigenvalue weighted by Gasteiger charge is -2.29. The minimum absolute atomic E-state index is 0.160. The summed E-state index contributed by atoms with van der Waals surface area (Å²) in [5.74, 6) is -2.59. The second kappa shape index (κ2) is 11.8. The molecule has 1 fully saturated rings. The van der Waals surface area contributed by atoms with Crippen molar-refractivity contribution in [2.75, 3.05) is 13.2 Å². The summed E-state index contributed by atoms with van der Waals surface area (Å²) in [7, 11) is 0. The largest absolute Gasteiger partial charge is 0.427 e. The molecule has 1 aliphatic rings. The van der Waals surface area contributed by atoms with Gasteiger partial charge in [0.25, 0.3) is 5.79 Å². The van der Waals surface area contributed by atoms with Crippen molar-refractivity contribution in [3.05, 3.63) is 0 Å². The molecular weight excluding hydrogens is 328 g/mol. The lowest BCUT2D eigenvalue weighted by molar-refractivity contribution is -0.264. The lowest BCUT2D eigenvalue weighted by atomic mass is 10.1. The Hall–Kier alpha value is -0.730. The Balaban J connectivity index is 2.22. The second-order valence-electron chi connectivity index (χ2n) is 6.80. The van der Waals surface area contributed by atoms with Crippen LogP contribution in [0.2, 0.25) is 0 Å². The molecule has 0 aromatic rings. The average Bonchev–Trinajstić information content (AvgIpc) is 2.85. The van der Waals surface area contributed by atoms with Crippen LogP contribution in [-0.2, 0) is 14.3 Å². The summed E-state index contributed by atoms with van der Waals surface area (Å²) in [5, 5.41) is 38.2. The Morgan fingerprint density at radius 1 is 1.00 bits per heavy atom. The summed E-state index contributed by atoms with van der Waals surface area (Å²) >= 11 is 0. The van der Waals surface area contributed by atoms with E-state index in [0.717, 1.165) is 19.3 Å². The van der Waals surface area contributed by atoms with Gasteiger partial charge in [0.05, 0.1) is 6.61 Å². The normalized spacial score (nSPS) is 29.1. The number of esters is 1. The molecule has 0 saturated carbocycles. The molecular formula is C18H34O7. The molecule has 1 heterocycles. The fourth-order valence-electron chi connectivity index (χ4n) is 3.08. The zero-order valence-corrected chi connectivity index (χ0v) is 15.2. The molecule has 148 valence electrons. The first-order valence-electron chi connectivity index (χ1n) is 9.48. The van der Waals surface area contributed by atoms with Crippen LogP contribution in [-0.4, -0.2) is 63.7 Å². The summed E-state index contributed by atoms with van der Waals surface area (Å²) in [5.41, 5.74) is 0. The van der Waals surface area contributed by atoms with Gasteiger partial charge in [-0.15, -0.1) is 0 Å². The van der Waals surface area contributed by atoms with Gasteiger partial charge in [0, 0.05) is 6.42 Å². The molecule has 4 atom stereocenters. The molecule has 0 radical (unpaired) electrons. The Morgan fingerprint density at radius 3 is 2.04 bits per heavy atom. The number of unbranched alkanes of at least 4 members (excludes halogenated alkanes) is 8. The van der Waals surface area contributed by atoms with E-state index in [2.05, 4.69) is 6.92 Å². The molecule has 1 saturated heterocycles. The molecule has 0 aromatic carbocycles. The van der Waals surface area contributed by atoms with E-state index in [4.69, 9.17) is 14.6 Å². The molecule has 0 amide bonds. The molecule has 0 bridgehead atoms. The van der Waals surface area contributed by atoms with E-state index in [1.54, 1.807) is 0 Å². The van der Waals surface area contributed by atoms with E-state index < -0.39 is 43.3 Å². The van der Waals surface area contributed by atoms with Gasteiger partial charge < -0.3 is 29.9 Å². The van der Waals surface area contributed by atoms with Crippen molar-refractivity contribution in [3.8, 4) is 0 Å². The number of ether oxygens (including phenoxy) is 2. The van der Waals surface area contributed by atoms with Crippen LogP contribution in [0.3, 0.4) is 0 Å². The number of hydrogen-bond donors (Lipinski definition) is 4.